The maximum Gasteiger partial charge on any atom is 0.312 e. The zero-order valence-electron chi connectivity index (χ0n) is 15.5. The molecule has 0 bridgehead atoms. The Labute approximate surface area is 172 Å². The van der Waals surface area contributed by atoms with Crippen molar-refractivity contribution in [3.63, 3.8) is 0 Å². The third kappa shape index (κ3) is 4.78. The predicted molar refractivity (Wildman–Crippen MR) is 105 cm³/mol. The Kier molecular flexibility index (Phi) is 6.58. The van der Waals surface area contributed by atoms with Crippen LogP contribution in [0.5, 0.6) is 11.5 Å². The van der Waals surface area contributed by atoms with Gasteiger partial charge in [-0.05, 0) is 30.3 Å². The van der Waals surface area contributed by atoms with Gasteiger partial charge in [0.25, 0.3) is 0 Å². The van der Waals surface area contributed by atoms with Crippen molar-refractivity contribution < 1.29 is 27.6 Å². The Bertz CT molecular complexity index is 1010. The normalized spacial score (nSPS) is 15.1. The molecule has 3 rings (SSSR count). The van der Waals surface area contributed by atoms with E-state index in [0.29, 0.717) is 16.3 Å². The van der Waals surface area contributed by atoms with Crippen LogP contribution in [0.1, 0.15) is 5.56 Å². The number of nitro groups is 1. The topological polar surface area (TPSA) is 108 Å². The zero-order valence-corrected chi connectivity index (χ0v) is 17.1. The van der Waals surface area contributed by atoms with Crippen LogP contribution in [-0.4, -0.2) is 51.1 Å². The fourth-order valence-electron chi connectivity index (χ4n) is 2.87. The van der Waals surface area contributed by atoms with Gasteiger partial charge in [-0.25, -0.2) is 8.42 Å². The summed E-state index contributed by atoms with van der Waals surface area (Å²) in [5, 5.41) is 12.0. The number of methoxy groups -OCH3 is 1. The lowest BCUT2D eigenvalue weighted by molar-refractivity contribution is -0.386. The fraction of sp³-hybridized carbons (Fsp3) is 0.333. The molecule has 9 nitrogen and oxygen atoms in total. The highest BCUT2D eigenvalue weighted by molar-refractivity contribution is 7.89. The number of halogens is 1. The van der Waals surface area contributed by atoms with Crippen LogP contribution in [0.4, 0.5) is 5.69 Å². The summed E-state index contributed by atoms with van der Waals surface area (Å²) in [4.78, 5) is 10.7. The standard InChI is InChI=1S/C18H19ClN2O7S/c1-26-17-4-2-14(19)10-13(17)12-28-18-5-3-15(11-16(18)21(22)23)29(24,25)20-6-8-27-9-7-20/h2-5,10-11H,6-9,12H2,1H3. The third-order valence-electron chi connectivity index (χ3n) is 4.36. The van der Waals surface area contributed by atoms with Gasteiger partial charge in [0.1, 0.15) is 12.4 Å². The van der Waals surface area contributed by atoms with Crippen molar-refractivity contribution in [2.45, 2.75) is 11.5 Å². The van der Waals surface area contributed by atoms with E-state index in [-0.39, 0.29) is 43.6 Å². The second-order valence-corrected chi connectivity index (χ2v) is 8.52. The number of hydrogen-bond donors (Lipinski definition) is 0. The van der Waals surface area contributed by atoms with E-state index in [0.717, 1.165) is 6.07 Å². The molecule has 0 amide bonds. The van der Waals surface area contributed by atoms with E-state index in [9.17, 15) is 18.5 Å². The summed E-state index contributed by atoms with van der Waals surface area (Å²) in [7, 11) is -2.38. The molecule has 0 aliphatic carbocycles. The van der Waals surface area contributed by atoms with Crippen LogP contribution < -0.4 is 9.47 Å². The summed E-state index contributed by atoms with van der Waals surface area (Å²) in [5.74, 6) is 0.460. The van der Waals surface area contributed by atoms with Crippen LogP contribution in [0.25, 0.3) is 0 Å². The van der Waals surface area contributed by atoms with Crippen LogP contribution in [0.15, 0.2) is 41.3 Å². The number of ether oxygens (including phenoxy) is 3. The van der Waals surface area contributed by atoms with Gasteiger partial charge in [0.2, 0.25) is 10.0 Å². The molecule has 29 heavy (non-hydrogen) atoms. The molecule has 0 saturated carbocycles. The van der Waals surface area contributed by atoms with Crippen molar-refractivity contribution in [3.8, 4) is 11.5 Å². The molecule has 0 atom stereocenters. The lowest BCUT2D eigenvalue weighted by Crippen LogP contribution is -2.40. The van der Waals surface area contributed by atoms with E-state index < -0.39 is 20.6 Å². The first-order valence-electron chi connectivity index (χ1n) is 8.64. The predicted octanol–water partition coefficient (Wildman–Crippen LogP) is 2.86. The monoisotopic (exact) mass is 442 g/mol. The van der Waals surface area contributed by atoms with Gasteiger partial charge in [0.05, 0.1) is 30.1 Å². The highest BCUT2D eigenvalue weighted by Crippen LogP contribution is 2.33. The fourth-order valence-corrected chi connectivity index (χ4v) is 4.50. The number of benzene rings is 2. The summed E-state index contributed by atoms with van der Waals surface area (Å²) < 4.78 is 42.7. The summed E-state index contributed by atoms with van der Waals surface area (Å²) in [6.07, 6.45) is 0. The Morgan fingerprint density at radius 2 is 1.86 bits per heavy atom. The molecule has 2 aromatic rings. The summed E-state index contributed by atoms with van der Waals surface area (Å²) in [5.41, 5.74) is 0.152. The van der Waals surface area contributed by atoms with Crippen molar-refractivity contribution in [2.75, 3.05) is 33.4 Å². The largest absolute Gasteiger partial charge is 0.496 e. The van der Waals surface area contributed by atoms with Crippen LogP contribution in [0, 0.1) is 10.1 Å². The SMILES string of the molecule is COc1ccc(Cl)cc1COc1ccc(S(=O)(=O)N2CCOCC2)cc1[N+](=O)[O-]. The molecule has 2 aromatic carbocycles. The first-order valence-corrected chi connectivity index (χ1v) is 10.5. The van der Waals surface area contributed by atoms with Crippen LogP contribution >= 0.6 is 11.6 Å². The highest BCUT2D eigenvalue weighted by atomic mass is 35.5. The number of hydrogen-bond acceptors (Lipinski definition) is 7. The summed E-state index contributed by atoms with van der Waals surface area (Å²) >= 11 is 5.98. The minimum absolute atomic E-state index is 0.0415. The van der Waals surface area contributed by atoms with Crippen molar-refractivity contribution in [1.82, 2.24) is 4.31 Å². The van der Waals surface area contributed by atoms with Crippen LogP contribution in [0.3, 0.4) is 0 Å². The Morgan fingerprint density at radius 3 is 2.52 bits per heavy atom. The quantitative estimate of drug-likeness (QED) is 0.479. The van der Waals surface area contributed by atoms with Gasteiger partial charge < -0.3 is 14.2 Å². The van der Waals surface area contributed by atoms with E-state index in [1.54, 1.807) is 18.2 Å². The first kappa shape index (κ1) is 21.3. The highest BCUT2D eigenvalue weighted by Gasteiger charge is 2.29. The van der Waals surface area contributed by atoms with E-state index in [4.69, 9.17) is 25.8 Å². The molecule has 1 fully saturated rings. The Balaban J connectivity index is 1.87. The molecule has 1 aliphatic heterocycles. The second kappa shape index (κ2) is 8.95. The van der Waals surface area contributed by atoms with Gasteiger partial charge in [-0.2, -0.15) is 4.31 Å². The molecule has 0 aromatic heterocycles. The molecule has 11 heteroatoms. The van der Waals surface area contributed by atoms with Gasteiger partial charge in [-0.3, -0.25) is 10.1 Å². The summed E-state index contributed by atoms with van der Waals surface area (Å²) in [6.45, 7) is 0.917. The van der Waals surface area contributed by atoms with Crippen molar-refractivity contribution >= 4 is 27.3 Å². The minimum Gasteiger partial charge on any atom is -0.496 e. The van der Waals surface area contributed by atoms with Crippen molar-refractivity contribution in [1.29, 1.82) is 0 Å². The van der Waals surface area contributed by atoms with Crippen LogP contribution in [-0.2, 0) is 21.4 Å². The maximum atomic E-state index is 12.7. The van der Waals surface area contributed by atoms with Gasteiger partial charge in [0, 0.05) is 29.7 Å². The zero-order chi connectivity index (χ0) is 21.0. The molecule has 0 N–H and O–H groups in total. The lowest BCUT2D eigenvalue weighted by Gasteiger charge is -2.26. The molecule has 1 saturated heterocycles. The molecule has 0 radical (unpaired) electrons. The van der Waals surface area contributed by atoms with Gasteiger partial charge >= 0.3 is 5.69 Å². The number of nitrogens with zero attached hydrogens (tertiary/aromatic N) is 2. The number of sulfonamides is 1. The number of rotatable bonds is 7. The number of morpholine rings is 1. The first-order chi connectivity index (χ1) is 13.8. The van der Waals surface area contributed by atoms with Gasteiger partial charge in [-0.1, -0.05) is 11.6 Å². The second-order valence-electron chi connectivity index (χ2n) is 6.15. The van der Waals surface area contributed by atoms with Crippen molar-refractivity contribution in [3.05, 3.63) is 57.1 Å². The van der Waals surface area contributed by atoms with E-state index in [1.165, 1.54) is 23.5 Å². The van der Waals surface area contributed by atoms with Crippen LogP contribution in [0.2, 0.25) is 5.02 Å². The summed E-state index contributed by atoms with van der Waals surface area (Å²) in [6, 6.07) is 8.52. The Hall–Kier alpha value is -2.40. The smallest absolute Gasteiger partial charge is 0.312 e. The molecular formula is C18H19ClN2O7S. The molecule has 1 aliphatic rings. The van der Waals surface area contributed by atoms with Crippen molar-refractivity contribution in [2.24, 2.45) is 0 Å². The van der Waals surface area contributed by atoms with Gasteiger partial charge in [-0.15, -0.1) is 0 Å². The molecular weight excluding hydrogens is 424 g/mol. The third-order valence-corrected chi connectivity index (χ3v) is 6.49. The molecule has 1 heterocycles. The molecule has 0 unspecified atom stereocenters. The molecule has 156 valence electrons. The average molecular weight is 443 g/mol. The maximum absolute atomic E-state index is 12.7. The van der Waals surface area contributed by atoms with Gasteiger partial charge in [0.15, 0.2) is 5.75 Å². The Morgan fingerprint density at radius 1 is 1.17 bits per heavy atom. The minimum atomic E-state index is -3.86. The average Bonchev–Trinajstić information content (AvgIpc) is 2.72. The lowest BCUT2D eigenvalue weighted by atomic mass is 10.2. The molecule has 0 spiro atoms. The number of nitro benzene ring substituents is 1. The van der Waals surface area contributed by atoms with E-state index in [1.807, 2.05) is 0 Å². The van der Waals surface area contributed by atoms with E-state index >= 15 is 0 Å². The van der Waals surface area contributed by atoms with E-state index in [2.05, 4.69) is 0 Å².